The number of para-hydroxylation sites is 1. The summed E-state index contributed by atoms with van der Waals surface area (Å²) >= 11 is 5.94. The van der Waals surface area contributed by atoms with Crippen LogP contribution in [0.1, 0.15) is 5.76 Å². The van der Waals surface area contributed by atoms with Crippen molar-refractivity contribution < 1.29 is 18.9 Å². The molecule has 0 fully saturated rings. The SMILES string of the molecule is CN(CC(=O)Nc1ccccc1Cl)C(=O)/C=C/c1ccc([N+](=O)[O-])o1. The van der Waals surface area contributed by atoms with E-state index in [0.29, 0.717) is 10.7 Å². The van der Waals surface area contributed by atoms with Gasteiger partial charge < -0.3 is 14.6 Å². The molecule has 1 aromatic heterocycles. The minimum atomic E-state index is -0.676. The fraction of sp³-hybridized carbons (Fsp3) is 0.125. The number of nitrogens with zero attached hydrogens (tertiary/aromatic N) is 2. The van der Waals surface area contributed by atoms with Gasteiger partial charge in [-0.3, -0.25) is 19.7 Å². The number of furan rings is 1. The van der Waals surface area contributed by atoms with Gasteiger partial charge in [0.25, 0.3) is 0 Å². The molecule has 0 saturated heterocycles. The van der Waals surface area contributed by atoms with Crippen LogP contribution in [0.3, 0.4) is 0 Å². The molecule has 2 amide bonds. The summed E-state index contributed by atoms with van der Waals surface area (Å²) in [6.07, 6.45) is 2.45. The second-order valence-electron chi connectivity index (χ2n) is 4.99. The predicted molar refractivity (Wildman–Crippen MR) is 92.1 cm³/mol. The molecule has 0 bridgehead atoms. The highest BCUT2D eigenvalue weighted by molar-refractivity contribution is 6.33. The van der Waals surface area contributed by atoms with Crippen LogP contribution in [0.15, 0.2) is 46.9 Å². The van der Waals surface area contributed by atoms with Crippen LogP contribution in [-0.4, -0.2) is 35.2 Å². The normalized spacial score (nSPS) is 10.6. The van der Waals surface area contributed by atoms with Crippen LogP contribution in [0.4, 0.5) is 11.6 Å². The van der Waals surface area contributed by atoms with Crippen molar-refractivity contribution in [3.8, 4) is 0 Å². The van der Waals surface area contributed by atoms with Crippen LogP contribution in [0.5, 0.6) is 0 Å². The molecule has 0 radical (unpaired) electrons. The van der Waals surface area contributed by atoms with Crippen LogP contribution < -0.4 is 5.32 Å². The van der Waals surface area contributed by atoms with Gasteiger partial charge in [-0.2, -0.15) is 0 Å². The quantitative estimate of drug-likeness (QED) is 0.482. The number of carbonyl (C=O) groups excluding carboxylic acids is 2. The topological polar surface area (TPSA) is 106 Å². The van der Waals surface area contributed by atoms with E-state index in [1.54, 1.807) is 24.3 Å². The van der Waals surface area contributed by atoms with Crippen molar-refractivity contribution in [3.63, 3.8) is 0 Å². The van der Waals surface area contributed by atoms with E-state index in [0.717, 1.165) is 6.08 Å². The third-order valence-electron chi connectivity index (χ3n) is 3.09. The van der Waals surface area contributed by atoms with E-state index in [2.05, 4.69) is 5.32 Å². The van der Waals surface area contributed by atoms with Gasteiger partial charge in [0.15, 0.2) is 0 Å². The number of hydrogen-bond donors (Lipinski definition) is 1. The van der Waals surface area contributed by atoms with Gasteiger partial charge in [0.2, 0.25) is 11.8 Å². The zero-order chi connectivity index (χ0) is 18.4. The molecule has 0 saturated carbocycles. The lowest BCUT2D eigenvalue weighted by Gasteiger charge is -2.15. The average molecular weight is 364 g/mol. The van der Waals surface area contributed by atoms with Gasteiger partial charge in [-0.05, 0) is 24.3 Å². The van der Waals surface area contributed by atoms with Crippen LogP contribution in [0, 0.1) is 10.1 Å². The lowest BCUT2D eigenvalue weighted by atomic mass is 10.3. The molecule has 8 nitrogen and oxygen atoms in total. The number of rotatable bonds is 6. The Hall–Kier alpha value is -3.13. The molecule has 0 aliphatic rings. The highest BCUT2D eigenvalue weighted by atomic mass is 35.5. The van der Waals surface area contributed by atoms with Crippen LogP contribution >= 0.6 is 11.6 Å². The Labute approximate surface area is 147 Å². The molecule has 0 aliphatic heterocycles. The summed E-state index contributed by atoms with van der Waals surface area (Å²) in [7, 11) is 1.45. The summed E-state index contributed by atoms with van der Waals surface area (Å²) < 4.78 is 4.90. The number of halogens is 1. The fourth-order valence-electron chi connectivity index (χ4n) is 1.86. The van der Waals surface area contributed by atoms with Gasteiger partial charge in [-0.1, -0.05) is 23.7 Å². The lowest BCUT2D eigenvalue weighted by Crippen LogP contribution is -2.33. The second-order valence-corrected chi connectivity index (χ2v) is 5.40. The minimum absolute atomic E-state index is 0.161. The zero-order valence-electron chi connectivity index (χ0n) is 13.1. The number of amides is 2. The van der Waals surface area contributed by atoms with Crippen molar-refractivity contribution in [2.45, 2.75) is 0 Å². The molecular formula is C16H14ClN3O5. The summed E-state index contributed by atoms with van der Waals surface area (Å²) in [5, 5.41) is 13.5. The second kappa shape index (κ2) is 8.11. The molecule has 1 heterocycles. The highest BCUT2D eigenvalue weighted by Crippen LogP contribution is 2.20. The van der Waals surface area contributed by atoms with Gasteiger partial charge in [-0.15, -0.1) is 0 Å². The fourth-order valence-corrected chi connectivity index (χ4v) is 2.04. The third kappa shape index (κ3) is 5.18. The number of nitro groups is 1. The highest BCUT2D eigenvalue weighted by Gasteiger charge is 2.13. The van der Waals surface area contributed by atoms with E-state index >= 15 is 0 Å². The molecule has 2 rings (SSSR count). The third-order valence-corrected chi connectivity index (χ3v) is 3.42. The molecule has 1 N–H and O–H groups in total. The molecule has 0 aliphatic carbocycles. The summed E-state index contributed by atoms with van der Waals surface area (Å²) in [5.74, 6) is -1.13. The van der Waals surface area contributed by atoms with Gasteiger partial charge in [-0.25, -0.2) is 0 Å². The van der Waals surface area contributed by atoms with Crippen LogP contribution in [0.25, 0.3) is 6.08 Å². The van der Waals surface area contributed by atoms with Crippen molar-refractivity contribution in [1.29, 1.82) is 0 Å². The first kappa shape index (κ1) is 18.2. The largest absolute Gasteiger partial charge is 0.433 e. The molecule has 0 unspecified atom stereocenters. The molecule has 25 heavy (non-hydrogen) atoms. The monoisotopic (exact) mass is 363 g/mol. The van der Waals surface area contributed by atoms with Crippen LogP contribution in [0.2, 0.25) is 5.02 Å². The van der Waals surface area contributed by atoms with Crippen LogP contribution in [-0.2, 0) is 9.59 Å². The Balaban J connectivity index is 1.90. The Morgan fingerprint density at radius 2 is 2.04 bits per heavy atom. The average Bonchev–Trinajstić information content (AvgIpc) is 3.04. The summed E-state index contributed by atoms with van der Waals surface area (Å²) in [6, 6.07) is 9.29. The van der Waals surface area contributed by atoms with Gasteiger partial charge in [0.05, 0.1) is 23.3 Å². The number of carbonyl (C=O) groups is 2. The number of likely N-dealkylation sites (N-methyl/N-ethyl adjacent to an activating group) is 1. The van der Waals surface area contributed by atoms with E-state index in [1.807, 2.05) is 0 Å². The maximum absolute atomic E-state index is 12.0. The lowest BCUT2D eigenvalue weighted by molar-refractivity contribution is -0.402. The first-order valence-electron chi connectivity index (χ1n) is 7.08. The number of benzene rings is 1. The number of anilines is 1. The Bertz CT molecular complexity index is 831. The molecule has 2 aromatic rings. The Kier molecular flexibility index (Phi) is 5.91. The van der Waals surface area contributed by atoms with Crippen molar-refractivity contribution >= 4 is 41.1 Å². The molecule has 9 heteroatoms. The first-order chi connectivity index (χ1) is 11.9. The number of nitrogens with one attached hydrogen (secondary N) is 1. The smallest absolute Gasteiger partial charge is 0.401 e. The van der Waals surface area contributed by atoms with Crippen molar-refractivity contribution in [1.82, 2.24) is 4.90 Å². The standard InChI is InChI=1S/C16H14ClN3O5/c1-19(10-14(21)18-13-5-3-2-4-12(13)17)15(22)8-6-11-7-9-16(25-11)20(23)24/h2-9H,10H2,1H3,(H,18,21)/b8-6+. The van der Waals surface area contributed by atoms with Gasteiger partial charge >= 0.3 is 5.88 Å². The summed E-state index contributed by atoms with van der Waals surface area (Å²) in [6.45, 7) is -0.188. The molecule has 0 atom stereocenters. The van der Waals surface area contributed by atoms with Gasteiger partial charge in [0, 0.05) is 13.1 Å². The van der Waals surface area contributed by atoms with Gasteiger partial charge in [0.1, 0.15) is 10.7 Å². The minimum Gasteiger partial charge on any atom is -0.401 e. The molecule has 1 aromatic carbocycles. The summed E-state index contributed by atoms with van der Waals surface area (Å²) in [4.78, 5) is 34.9. The predicted octanol–water partition coefficient (Wildman–Crippen LogP) is 2.95. The maximum atomic E-state index is 12.0. The van der Waals surface area contributed by atoms with E-state index in [1.165, 1.54) is 30.2 Å². The maximum Gasteiger partial charge on any atom is 0.433 e. The Morgan fingerprint density at radius 3 is 2.68 bits per heavy atom. The summed E-state index contributed by atoms with van der Waals surface area (Å²) in [5.41, 5.74) is 0.452. The van der Waals surface area contributed by atoms with Crippen molar-refractivity contribution in [2.24, 2.45) is 0 Å². The Morgan fingerprint density at radius 1 is 1.32 bits per heavy atom. The van der Waals surface area contributed by atoms with E-state index in [9.17, 15) is 19.7 Å². The molecular weight excluding hydrogens is 350 g/mol. The zero-order valence-corrected chi connectivity index (χ0v) is 13.9. The molecule has 0 spiro atoms. The van der Waals surface area contributed by atoms with E-state index < -0.39 is 22.6 Å². The van der Waals surface area contributed by atoms with Crippen molar-refractivity contribution in [2.75, 3.05) is 18.9 Å². The van der Waals surface area contributed by atoms with E-state index in [-0.39, 0.29) is 12.3 Å². The number of hydrogen-bond acceptors (Lipinski definition) is 5. The van der Waals surface area contributed by atoms with E-state index in [4.69, 9.17) is 16.0 Å². The van der Waals surface area contributed by atoms with Crippen molar-refractivity contribution in [3.05, 3.63) is 63.4 Å². The molecule has 130 valence electrons. The first-order valence-corrected chi connectivity index (χ1v) is 7.46.